The first-order valence-electron chi connectivity index (χ1n) is 6.14. The topological polar surface area (TPSA) is 52.6 Å². The molecule has 0 N–H and O–H groups in total. The highest BCUT2D eigenvalue weighted by molar-refractivity contribution is 9.10. The second-order valence-corrected chi connectivity index (χ2v) is 7.33. The molecule has 0 amide bonds. The number of rotatable bonds is 2. The first kappa shape index (κ1) is 15.8. The summed E-state index contributed by atoms with van der Waals surface area (Å²) in [5.74, 6) is -0.741. The lowest BCUT2D eigenvalue weighted by atomic mass is 9.64. The fourth-order valence-electron chi connectivity index (χ4n) is 3.18. The number of alkyl halides is 2. The van der Waals surface area contributed by atoms with Crippen LogP contribution < -0.4 is 0 Å². The first-order valence-corrected chi connectivity index (χ1v) is 7.97. The van der Waals surface area contributed by atoms with E-state index in [4.69, 9.17) is 9.47 Å². The van der Waals surface area contributed by atoms with Crippen molar-refractivity contribution in [3.63, 3.8) is 0 Å². The zero-order valence-electron chi connectivity index (χ0n) is 11.7. The number of allylic oxidation sites excluding steroid dienone is 2. The van der Waals surface area contributed by atoms with Gasteiger partial charge in [-0.05, 0) is 0 Å². The number of carbonyl (C=O) groups is 2. The van der Waals surface area contributed by atoms with Gasteiger partial charge in [-0.2, -0.15) is 0 Å². The predicted molar refractivity (Wildman–Crippen MR) is 81.8 cm³/mol. The van der Waals surface area contributed by atoms with Gasteiger partial charge in [0.2, 0.25) is 0 Å². The summed E-state index contributed by atoms with van der Waals surface area (Å²) in [6.45, 7) is 3.92. The van der Waals surface area contributed by atoms with Crippen molar-refractivity contribution in [1.82, 2.24) is 0 Å². The summed E-state index contributed by atoms with van der Waals surface area (Å²) >= 11 is 7.17. The third-order valence-electron chi connectivity index (χ3n) is 4.74. The van der Waals surface area contributed by atoms with Crippen LogP contribution in [-0.2, 0) is 19.1 Å². The Morgan fingerprint density at radius 3 is 1.50 bits per heavy atom. The van der Waals surface area contributed by atoms with E-state index in [0.717, 1.165) is 0 Å². The number of ether oxygens (including phenoxy) is 2. The van der Waals surface area contributed by atoms with Crippen molar-refractivity contribution >= 4 is 43.8 Å². The number of esters is 2. The Kier molecular flexibility index (Phi) is 3.93. The smallest absolute Gasteiger partial charge is 0.334 e. The number of hydrogen-bond acceptors (Lipinski definition) is 4. The molecule has 0 saturated carbocycles. The molecule has 0 aromatic carbocycles. The van der Waals surface area contributed by atoms with Crippen molar-refractivity contribution in [3.05, 3.63) is 23.3 Å². The van der Waals surface area contributed by atoms with Gasteiger partial charge in [0.05, 0.1) is 14.2 Å². The quantitative estimate of drug-likeness (QED) is 0.521. The van der Waals surface area contributed by atoms with E-state index in [1.54, 1.807) is 0 Å². The molecule has 0 radical (unpaired) electrons. The Bertz CT molecular complexity index is 491. The van der Waals surface area contributed by atoms with E-state index in [1.165, 1.54) is 14.2 Å². The maximum Gasteiger partial charge on any atom is 0.334 e. The first-order chi connectivity index (χ1) is 9.24. The van der Waals surface area contributed by atoms with Gasteiger partial charge in [0.25, 0.3) is 0 Å². The maximum atomic E-state index is 12.1. The van der Waals surface area contributed by atoms with Crippen molar-refractivity contribution in [1.29, 1.82) is 0 Å². The lowest BCUT2D eigenvalue weighted by molar-refractivity contribution is -0.140. The summed E-state index contributed by atoms with van der Waals surface area (Å²) < 4.78 is 9.77. The number of fused-ring (bicyclic) bond motifs is 1. The second kappa shape index (κ2) is 4.98. The largest absolute Gasteiger partial charge is 0.466 e. The Hall–Kier alpha value is -0.620. The molecule has 0 aromatic rings. The van der Waals surface area contributed by atoms with Crippen LogP contribution >= 0.6 is 31.9 Å². The minimum atomic E-state index is -0.572. The van der Waals surface area contributed by atoms with Gasteiger partial charge in [0.1, 0.15) is 0 Å². The fourth-order valence-corrected chi connectivity index (χ4v) is 5.15. The third-order valence-corrected chi connectivity index (χ3v) is 7.10. The monoisotopic (exact) mass is 406 g/mol. The van der Waals surface area contributed by atoms with Crippen molar-refractivity contribution < 1.29 is 19.1 Å². The minimum Gasteiger partial charge on any atom is -0.466 e. The molecular weight excluding hydrogens is 392 g/mol. The van der Waals surface area contributed by atoms with Crippen LogP contribution in [0.15, 0.2) is 23.3 Å². The van der Waals surface area contributed by atoms with Crippen molar-refractivity contribution in [2.45, 2.75) is 23.5 Å². The Balaban J connectivity index is 2.58. The van der Waals surface area contributed by atoms with E-state index in [2.05, 4.69) is 31.9 Å². The molecule has 0 spiro atoms. The molecule has 2 aliphatic rings. The van der Waals surface area contributed by atoms with Crippen LogP contribution in [0.4, 0.5) is 0 Å². The van der Waals surface area contributed by atoms with Gasteiger partial charge >= 0.3 is 11.9 Å². The highest BCUT2D eigenvalue weighted by Crippen LogP contribution is 2.66. The second-order valence-electron chi connectivity index (χ2n) is 5.35. The number of carbonyl (C=O) groups excluding carboxylic acids is 2. The van der Waals surface area contributed by atoms with Gasteiger partial charge in [-0.25, -0.2) is 9.59 Å². The van der Waals surface area contributed by atoms with E-state index in [9.17, 15) is 9.59 Å². The SMILES string of the molecule is COC(=O)C1=C[C@@H](Br)[C@]2(C)C(C(=O)OC)=C[C@@H](Br)[C@]12C. The highest BCUT2D eigenvalue weighted by Gasteiger charge is 2.66. The molecule has 4 nitrogen and oxygen atoms in total. The summed E-state index contributed by atoms with van der Waals surface area (Å²) in [6, 6.07) is 0. The molecule has 0 bridgehead atoms. The van der Waals surface area contributed by atoms with E-state index >= 15 is 0 Å². The van der Waals surface area contributed by atoms with E-state index in [0.29, 0.717) is 11.1 Å². The Morgan fingerprint density at radius 1 is 0.950 bits per heavy atom. The average molecular weight is 408 g/mol. The third kappa shape index (κ3) is 1.70. The molecule has 0 aromatic heterocycles. The molecule has 0 saturated heterocycles. The van der Waals surface area contributed by atoms with E-state index < -0.39 is 10.8 Å². The van der Waals surface area contributed by atoms with Gasteiger partial charge < -0.3 is 9.47 Å². The number of halogens is 2. The molecule has 2 rings (SSSR count). The van der Waals surface area contributed by atoms with Gasteiger partial charge in [0, 0.05) is 31.6 Å². The predicted octanol–water partition coefficient (Wildman–Crippen LogP) is 2.75. The van der Waals surface area contributed by atoms with Crippen LogP contribution in [0.2, 0.25) is 0 Å². The van der Waals surface area contributed by atoms with Gasteiger partial charge in [-0.3, -0.25) is 0 Å². The average Bonchev–Trinajstić information content (AvgIpc) is 2.77. The van der Waals surface area contributed by atoms with E-state index in [1.807, 2.05) is 26.0 Å². The van der Waals surface area contributed by atoms with Gasteiger partial charge in [0.15, 0.2) is 0 Å². The summed E-state index contributed by atoms with van der Waals surface area (Å²) in [7, 11) is 2.72. The summed E-state index contributed by atoms with van der Waals surface area (Å²) in [4.78, 5) is 23.8. The minimum absolute atomic E-state index is 0.151. The fraction of sp³-hybridized carbons (Fsp3) is 0.571. The van der Waals surface area contributed by atoms with Crippen LogP contribution in [0.3, 0.4) is 0 Å². The molecule has 6 heteroatoms. The maximum absolute atomic E-state index is 12.1. The zero-order chi connectivity index (χ0) is 15.3. The Labute approximate surface area is 134 Å². The van der Waals surface area contributed by atoms with Gasteiger partial charge in [-0.1, -0.05) is 57.9 Å². The van der Waals surface area contributed by atoms with Crippen LogP contribution in [0, 0.1) is 10.8 Å². The van der Waals surface area contributed by atoms with Crippen LogP contribution in [0.5, 0.6) is 0 Å². The van der Waals surface area contributed by atoms with Crippen molar-refractivity contribution in [3.8, 4) is 0 Å². The van der Waals surface area contributed by atoms with Crippen molar-refractivity contribution in [2.75, 3.05) is 14.2 Å². The summed E-state index contributed by atoms with van der Waals surface area (Å²) in [5, 5.41) is 0. The summed E-state index contributed by atoms with van der Waals surface area (Å²) in [5.41, 5.74) is -0.00180. The lowest BCUT2D eigenvalue weighted by Gasteiger charge is -2.42. The Morgan fingerprint density at radius 2 is 1.25 bits per heavy atom. The molecule has 110 valence electrons. The normalized spacial score (nSPS) is 38.9. The molecular formula is C14H16Br2O4. The molecule has 0 unspecified atom stereocenters. The molecule has 0 fully saturated rings. The van der Waals surface area contributed by atoms with Crippen LogP contribution in [0.1, 0.15) is 13.8 Å². The van der Waals surface area contributed by atoms with Gasteiger partial charge in [-0.15, -0.1) is 0 Å². The zero-order valence-corrected chi connectivity index (χ0v) is 14.9. The van der Waals surface area contributed by atoms with Crippen LogP contribution in [0.25, 0.3) is 0 Å². The molecule has 4 atom stereocenters. The molecule has 20 heavy (non-hydrogen) atoms. The van der Waals surface area contributed by atoms with Crippen molar-refractivity contribution in [2.24, 2.45) is 10.8 Å². The number of methoxy groups -OCH3 is 2. The standard InChI is InChI=1S/C14H16Br2O4/c1-13-7(11(17)19-3)5-10(16)14(13,2)8(6-9(13)15)12(18)20-4/h5-6,9-10H,1-4H3/t9-,10-,13+,14+/m1/s1. The molecule has 0 heterocycles. The number of hydrogen-bond donors (Lipinski definition) is 0. The highest BCUT2D eigenvalue weighted by atomic mass is 79.9. The molecule has 2 aliphatic carbocycles. The van der Waals surface area contributed by atoms with E-state index in [-0.39, 0.29) is 21.6 Å². The summed E-state index contributed by atoms with van der Waals surface area (Å²) in [6.07, 6.45) is 3.66. The lowest BCUT2D eigenvalue weighted by Crippen LogP contribution is -2.44. The molecule has 0 aliphatic heterocycles. The van der Waals surface area contributed by atoms with Crippen LogP contribution in [-0.4, -0.2) is 35.8 Å².